The maximum absolute atomic E-state index is 12.7. The van der Waals surface area contributed by atoms with Crippen LogP contribution in [0.5, 0.6) is 17.2 Å². The number of rotatable bonds is 10. The summed E-state index contributed by atoms with van der Waals surface area (Å²) in [7, 11) is 3.08. The van der Waals surface area contributed by atoms with Crippen molar-refractivity contribution in [3.63, 3.8) is 0 Å². The Hall–Kier alpha value is -2.93. The highest BCUT2D eigenvalue weighted by molar-refractivity contribution is 6.32. The number of methoxy groups -OCH3 is 2. The molecule has 1 N–H and O–H groups in total. The topological polar surface area (TPSA) is 77.1 Å². The van der Waals surface area contributed by atoms with Crippen molar-refractivity contribution in [2.45, 2.75) is 25.3 Å². The number of ether oxygens (including phenoxy) is 3. The minimum absolute atomic E-state index is 0.105. The van der Waals surface area contributed by atoms with E-state index in [9.17, 15) is 9.59 Å². The maximum atomic E-state index is 12.7. The molecule has 0 saturated heterocycles. The van der Waals surface area contributed by atoms with Crippen LogP contribution < -0.4 is 19.5 Å². The Labute approximate surface area is 180 Å². The van der Waals surface area contributed by atoms with E-state index in [1.807, 2.05) is 12.1 Å². The molecule has 0 radical (unpaired) electrons. The Kier molecular flexibility index (Phi) is 7.41. The lowest BCUT2D eigenvalue weighted by Crippen LogP contribution is -2.38. The van der Waals surface area contributed by atoms with Crippen LogP contribution in [0.4, 0.5) is 5.69 Å². The Morgan fingerprint density at radius 2 is 1.77 bits per heavy atom. The minimum atomic E-state index is -0.194. The molecule has 1 aliphatic rings. The van der Waals surface area contributed by atoms with Crippen LogP contribution in [0, 0.1) is 0 Å². The van der Waals surface area contributed by atoms with Crippen LogP contribution in [-0.4, -0.2) is 50.1 Å². The third-order valence-electron chi connectivity index (χ3n) is 4.74. The van der Waals surface area contributed by atoms with Crippen molar-refractivity contribution in [3.05, 3.63) is 47.5 Å². The van der Waals surface area contributed by atoms with E-state index in [0.717, 1.165) is 12.8 Å². The second-order valence-corrected chi connectivity index (χ2v) is 7.31. The summed E-state index contributed by atoms with van der Waals surface area (Å²) >= 11 is 6.09. The van der Waals surface area contributed by atoms with E-state index in [4.69, 9.17) is 25.8 Å². The molecule has 0 heterocycles. The summed E-state index contributed by atoms with van der Waals surface area (Å²) in [4.78, 5) is 26.7. The highest BCUT2D eigenvalue weighted by Gasteiger charge is 2.32. The lowest BCUT2D eigenvalue weighted by atomic mass is 10.2. The zero-order valence-corrected chi connectivity index (χ0v) is 17.8. The minimum Gasteiger partial charge on any atom is -0.495 e. The molecule has 0 aliphatic heterocycles. The van der Waals surface area contributed by atoms with Crippen LogP contribution in [-0.2, 0) is 9.59 Å². The van der Waals surface area contributed by atoms with Crippen LogP contribution >= 0.6 is 11.6 Å². The standard InChI is InChI=1S/C22H25ClN2O5/c1-28-18-10-7-15(13-17(18)23)24-21(26)11-12-25(16-8-9-16)22(27)14-30-20-6-4-3-5-19(20)29-2/h3-7,10,13,16H,8-9,11-12,14H2,1-2H3,(H,24,26). The van der Waals surface area contributed by atoms with Gasteiger partial charge in [0, 0.05) is 24.7 Å². The van der Waals surface area contributed by atoms with Crippen LogP contribution in [0.3, 0.4) is 0 Å². The van der Waals surface area contributed by atoms with Crippen molar-refractivity contribution < 1.29 is 23.8 Å². The number of carbonyl (C=O) groups is 2. The Bertz CT molecular complexity index is 901. The van der Waals surface area contributed by atoms with Gasteiger partial charge in [0.1, 0.15) is 5.75 Å². The van der Waals surface area contributed by atoms with E-state index in [1.54, 1.807) is 42.3 Å². The molecule has 1 fully saturated rings. The zero-order chi connectivity index (χ0) is 21.5. The van der Waals surface area contributed by atoms with Gasteiger partial charge in [0.25, 0.3) is 5.91 Å². The smallest absolute Gasteiger partial charge is 0.260 e. The number of amides is 2. The number of benzene rings is 2. The number of para-hydroxylation sites is 2. The maximum Gasteiger partial charge on any atom is 0.260 e. The molecule has 0 atom stereocenters. The summed E-state index contributed by atoms with van der Waals surface area (Å²) in [6.07, 6.45) is 2.06. The second-order valence-electron chi connectivity index (χ2n) is 6.91. The summed E-state index contributed by atoms with van der Waals surface area (Å²) in [5.41, 5.74) is 0.578. The first kappa shape index (κ1) is 21.8. The van der Waals surface area contributed by atoms with E-state index in [-0.39, 0.29) is 30.9 Å². The van der Waals surface area contributed by atoms with Crippen molar-refractivity contribution >= 4 is 29.1 Å². The predicted molar refractivity (Wildman–Crippen MR) is 114 cm³/mol. The molecule has 3 rings (SSSR count). The molecule has 2 aromatic carbocycles. The third-order valence-corrected chi connectivity index (χ3v) is 5.04. The number of nitrogens with zero attached hydrogens (tertiary/aromatic N) is 1. The van der Waals surface area contributed by atoms with Gasteiger partial charge < -0.3 is 24.4 Å². The fraction of sp³-hybridized carbons (Fsp3) is 0.364. The quantitative estimate of drug-likeness (QED) is 0.618. The Morgan fingerprint density at radius 3 is 2.40 bits per heavy atom. The largest absolute Gasteiger partial charge is 0.495 e. The van der Waals surface area contributed by atoms with E-state index < -0.39 is 0 Å². The highest BCUT2D eigenvalue weighted by atomic mass is 35.5. The average molecular weight is 433 g/mol. The molecule has 0 aromatic heterocycles. The average Bonchev–Trinajstić information content (AvgIpc) is 3.58. The number of halogens is 1. The summed E-state index contributed by atoms with van der Waals surface area (Å²) in [6, 6.07) is 12.4. The number of anilines is 1. The second kappa shape index (κ2) is 10.2. The molecular weight excluding hydrogens is 408 g/mol. The van der Waals surface area contributed by atoms with E-state index in [1.165, 1.54) is 7.11 Å². The number of hydrogen-bond acceptors (Lipinski definition) is 5. The summed E-state index contributed by atoms with van der Waals surface area (Å²) in [6.45, 7) is 0.223. The lowest BCUT2D eigenvalue weighted by molar-refractivity contribution is -0.134. The highest BCUT2D eigenvalue weighted by Crippen LogP contribution is 2.29. The molecule has 0 bridgehead atoms. The van der Waals surface area contributed by atoms with Gasteiger partial charge in [-0.15, -0.1) is 0 Å². The molecular formula is C22H25ClN2O5. The van der Waals surface area contributed by atoms with Crippen LogP contribution in [0.25, 0.3) is 0 Å². The predicted octanol–water partition coefficient (Wildman–Crippen LogP) is 3.76. The van der Waals surface area contributed by atoms with Gasteiger partial charge in [0.15, 0.2) is 18.1 Å². The zero-order valence-electron chi connectivity index (χ0n) is 17.0. The van der Waals surface area contributed by atoms with Gasteiger partial charge >= 0.3 is 0 Å². The molecule has 1 aliphatic carbocycles. The molecule has 160 valence electrons. The van der Waals surface area contributed by atoms with Crippen LogP contribution in [0.15, 0.2) is 42.5 Å². The number of carbonyl (C=O) groups excluding carboxylic acids is 2. The number of nitrogens with one attached hydrogen (secondary N) is 1. The molecule has 0 spiro atoms. The van der Waals surface area contributed by atoms with Crippen molar-refractivity contribution in [1.82, 2.24) is 4.90 Å². The fourth-order valence-electron chi connectivity index (χ4n) is 3.05. The molecule has 0 unspecified atom stereocenters. The van der Waals surface area contributed by atoms with Gasteiger partial charge in [-0.05, 0) is 43.2 Å². The first-order valence-electron chi connectivity index (χ1n) is 9.70. The van der Waals surface area contributed by atoms with E-state index in [0.29, 0.717) is 34.5 Å². The van der Waals surface area contributed by atoms with E-state index in [2.05, 4.69) is 5.32 Å². The first-order chi connectivity index (χ1) is 14.5. The summed E-state index contributed by atoms with van der Waals surface area (Å²) < 4.78 is 16.0. The molecule has 2 amide bonds. The normalized spacial score (nSPS) is 12.8. The monoisotopic (exact) mass is 432 g/mol. The summed E-state index contributed by atoms with van der Waals surface area (Å²) in [5, 5.41) is 3.21. The van der Waals surface area contributed by atoms with Gasteiger partial charge in [-0.2, -0.15) is 0 Å². The van der Waals surface area contributed by atoms with Gasteiger partial charge in [-0.25, -0.2) is 0 Å². The molecule has 7 nitrogen and oxygen atoms in total. The molecule has 8 heteroatoms. The Balaban J connectivity index is 1.52. The van der Waals surface area contributed by atoms with Crippen molar-refractivity contribution in [3.8, 4) is 17.2 Å². The molecule has 1 saturated carbocycles. The lowest BCUT2D eigenvalue weighted by Gasteiger charge is -2.22. The number of hydrogen-bond donors (Lipinski definition) is 1. The van der Waals surface area contributed by atoms with Crippen molar-refractivity contribution in [1.29, 1.82) is 0 Å². The molecule has 2 aromatic rings. The van der Waals surface area contributed by atoms with Crippen LogP contribution in [0.2, 0.25) is 5.02 Å². The van der Waals surface area contributed by atoms with Crippen molar-refractivity contribution in [2.24, 2.45) is 0 Å². The van der Waals surface area contributed by atoms with Crippen molar-refractivity contribution in [2.75, 3.05) is 32.7 Å². The Morgan fingerprint density at radius 1 is 1.07 bits per heavy atom. The third kappa shape index (κ3) is 5.79. The van der Waals surface area contributed by atoms with Gasteiger partial charge in [-0.3, -0.25) is 9.59 Å². The summed E-state index contributed by atoms with van der Waals surface area (Å²) in [5.74, 6) is 1.28. The van der Waals surface area contributed by atoms with Gasteiger partial charge in [0.05, 0.1) is 19.2 Å². The van der Waals surface area contributed by atoms with Crippen LogP contribution in [0.1, 0.15) is 19.3 Å². The van der Waals surface area contributed by atoms with Gasteiger partial charge in [-0.1, -0.05) is 23.7 Å². The van der Waals surface area contributed by atoms with E-state index >= 15 is 0 Å². The first-order valence-corrected chi connectivity index (χ1v) is 10.1. The molecule has 30 heavy (non-hydrogen) atoms. The fourth-order valence-corrected chi connectivity index (χ4v) is 3.30. The van der Waals surface area contributed by atoms with Gasteiger partial charge in [0.2, 0.25) is 5.91 Å². The SMILES string of the molecule is COc1ccc(NC(=O)CCN(C(=O)COc2ccccc2OC)C2CC2)cc1Cl.